The van der Waals surface area contributed by atoms with Crippen molar-refractivity contribution in [3.05, 3.63) is 53.9 Å². The van der Waals surface area contributed by atoms with Gasteiger partial charge >= 0.3 is 0 Å². The zero-order chi connectivity index (χ0) is 16.5. The number of nitrogens with zero attached hydrogens (tertiary/aromatic N) is 3. The fourth-order valence-corrected chi connectivity index (χ4v) is 2.56. The second-order valence-corrected chi connectivity index (χ2v) is 6.01. The molecule has 2 N–H and O–H groups in total. The molecule has 120 valence electrons. The van der Waals surface area contributed by atoms with Crippen molar-refractivity contribution in [3.8, 4) is 11.4 Å². The van der Waals surface area contributed by atoms with E-state index in [1.54, 1.807) is 31.3 Å². The van der Waals surface area contributed by atoms with Gasteiger partial charge in [0.05, 0.1) is 0 Å². The number of carbonyl (C=O) groups excluding carboxylic acids is 1. The number of aromatic amines is 1. The van der Waals surface area contributed by atoms with Gasteiger partial charge in [-0.1, -0.05) is 24.3 Å². The molecular weight excluding hydrogens is 302 g/mol. The van der Waals surface area contributed by atoms with Crippen molar-refractivity contribution in [2.45, 2.75) is 25.7 Å². The molecule has 2 aromatic heterocycles. The van der Waals surface area contributed by atoms with Crippen LogP contribution in [0.25, 0.3) is 11.4 Å². The largest absolute Gasteiger partial charge is 0.323 e. The number of nitrogens with one attached hydrogen (secondary N) is 2. The van der Waals surface area contributed by atoms with Crippen LogP contribution in [0.15, 0.2) is 42.6 Å². The van der Waals surface area contributed by atoms with Crippen LogP contribution in [0, 0.1) is 0 Å². The van der Waals surface area contributed by atoms with E-state index in [1.165, 1.54) is 18.5 Å². The number of hydrogen-bond donors (Lipinski definition) is 2. The van der Waals surface area contributed by atoms with E-state index in [0.717, 1.165) is 11.4 Å². The number of anilines is 2. The minimum absolute atomic E-state index is 0.0443. The van der Waals surface area contributed by atoms with Crippen LogP contribution in [0.4, 0.5) is 11.6 Å². The molecule has 0 amide bonds. The van der Waals surface area contributed by atoms with Crippen molar-refractivity contribution in [1.82, 2.24) is 20.2 Å². The molecule has 24 heavy (non-hydrogen) atoms. The number of rotatable bonds is 5. The van der Waals surface area contributed by atoms with E-state index < -0.39 is 0 Å². The van der Waals surface area contributed by atoms with Gasteiger partial charge in [-0.05, 0) is 25.8 Å². The Morgan fingerprint density at radius 2 is 1.96 bits per heavy atom. The van der Waals surface area contributed by atoms with Crippen LogP contribution in [0.3, 0.4) is 0 Å². The molecule has 0 saturated heterocycles. The summed E-state index contributed by atoms with van der Waals surface area (Å²) in [5.74, 6) is 2.72. The van der Waals surface area contributed by atoms with Crippen molar-refractivity contribution in [2.75, 3.05) is 5.32 Å². The van der Waals surface area contributed by atoms with Gasteiger partial charge in [0.25, 0.3) is 0 Å². The summed E-state index contributed by atoms with van der Waals surface area (Å²) >= 11 is 0. The number of carbonyl (C=O) groups is 1. The lowest BCUT2D eigenvalue weighted by Gasteiger charge is -2.05. The van der Waals surface area contributed by atoms with Gasteiger partial charge < -0.3 is 5.32 Å². The molecule has 3 aromatic rings. The van der Waals surface area contributed by atoms with Gasteiger partial charge in [0.15, 0.2) is 17.4 Å². The molecule has 0 spiro atoms. The van der Waals surface area contributed by atoms with E-state index in [0.29, 0.717) is 23.1 Å². The topological polar surface area (TPSA) is 83.6 Å². The van der Waals surface area contributed by atoms with Crippen LogP contribution >= 0.6 is 0 Å². The molecule has 1 aliphatic rings. The molecule has 0 unspecified atom stereocenters. The predicted octanol–water partition coefficient (Wildman–Crippen LogP) is 3.69. The highest BCUT2D eigenvalue weighted by Crippen LogP contribution is 2.39. The van der Waals surface area contributed by atoms with E-state index in [2.05, 4.69) is 25.5 Å². The first kappa shape index (κ1) is 14.6. The third-order valence-corrected chi connectivity index (χ3v) is 4.08. The Hall–Kier alpha value is -3.02. The second kappa shape index (κ2) is 5.88. The van der Waals surface area contributed by atoms with Gasteiger partial charge in [0.2, 0.25) is 0 Å². The van der Waals surface area contributed by atoms with Crippen LogP contribution in [0.5, 0.6) is 0 Å². The summed E-state index contributed by atoms with van der Waals surface area (Å²) in [6, 6.07) is 11.1. The fourth-order valence-electron chi connectivity index (χ4n) is 2.56. The van der Waals surface area contributed by atoms with Gasteiger partial charge in [-0.25, -0.2) is 9.97 Å². The zero-order valence-electron chi connectivity index (χ0n) is 13.3. The van der Waals surface area contributed by atoms with Crippen molar-refractivity contribution in [2.24, 2.45) is 0 Å². The zero-order valence-corrected chi connectivity index (χ0v) is 13.3. The highest BCUT2D eigenvalue weighted by Gasteiger charge is 2.25. The fraction of sp³-hybridized carbons (Fsp3) is 0.222. The highest BCUT2D eigenvalue weighted by molar-refractivity contribution is 5.94. The average molecular weight is 319 g/mol. The molecule has 6 nitrogen and oxygen atoms in total. The summed E-state index contributed by atoms with van der Waals surface area (Å²) in [5.41, 5.74) is 2.72. The van der Waals surface area contributed by atoms with E-state index in [4.69, 9.17) is 0 Å². The maximum atomic E-state index is 11.4. The Kier molecular flexibility index (Phi) is 3.57. The number of Topliss-reactive ketones (excluding diaryl/α,β-unsaturated/α-hetero) is 1. The first-order valence-electron chi connectivity index (χ1n) is 7.96. The van der Waals surface area contributed by atoms with Crippen LogP contribution in [-0.4, -0.2) is 25.9 Å². The molecule has 1 aromatic carbocycles. The smallest absolute Gasteiger partial charge is 0.161 e. The maximum absolute atomic E-state index is 11.4. The van der Waals surface area contributed by atoms with Crippen molar-refractivity contribution in [3.63, 3.8) is 0 Å². The highest BCUT2D eigenvalue weighted by atomic mass is 16.1. The van der Waals surface area contributed by atoms with Crippen LogP contribution in [0.2, 0.25) is 0 Å². The Bertz CT molecular complexity index is 880. The monoisotopic (exact) mass is 319 g/mol. The Balaban J connectivity index is 1.54. The Morgan fingerprint density at radius 1 is 1.17 bits per heavy atom. The molecule has 0 aliphatic heterocycles. The summed E-state index contributed by atoms with van der Waals surface area (Å²) in [7, 11) is 0. The molecule has 1 aliphatic carbocycles. The van der Waals surface area contributed by atoms with E-state index >= 15 is 0 Å². The quantitative estimate of drug-likeness (QED) is 0.701. The second-order valence-electron chi connectivity index (χ2n) is 6.01. The number of benzene rings is 1. The predicted molar refractivity (Wildman–Crippen MR) is 91.3 cm³/mol. The molecule has 4 rings (SSSR count). The summed E-state index contributed by atoms with van der Waals surface area (Å²) in [5, 5.41) is 10.5. The van der Waals surface area contributed by atoms with Crippen LogP contribution in [0.1, 0.15) is 41.7 Å². The van der Waals surface area contributed by atoms with Crippen molar-refractivity contribution < 1.29 is 4.79 Å². The third-order valence-electron chi connectivity index (χ3n) is 4.08. The minimum Gasteiger partial charge on any atom is -0.323 e. The number of H-pyrrole nitrogens is 1. The normalized spacial score (nSPS) is 13.7. The standard InChI is InChI=1S/C18H17N5O/c1-11(24)12-2-6-14(7-3-12)18-19-9-8-16(21-18)20-17-10-15(22-23-17)13-4-5-13/h2-3,6-10,13H,4-5H2,1H3,(H2,19,20,21,22,23). The molecule has 1 fully saturated rings. The lowest BCUT2D eigenvalue weighted by molar-refractivity contribution is 0.101. The molecule has 2 heterocycles. The number of ketones is 1. The van der Waals surface area contributed by atoms with E-state index in [9.17, 15) is 4.79 Å². The Labute approximate surface area is 139 Å². The molecule has 0 atom stereocenters. The van der Waals surface area contributed by atoms with Gasteiger partial charge in [-0.2, -0.15) is 5.10 Å². The molecule has 0 bridgehead atoms. The third kappa shape index (κ3) is 3.03. The summed E-state index contributed by atoms with van der Waals surface area (Å²) in [6.07, 6.45) is 4.17. The van der Waals surface area contributed by atoms with Crippen molar-refractivity contribution >= 4 is 17.4 Å². The summed E-state index contributed by atoms with van der Waals surface area (Å²) in [4.78, 5) is 20.2. The minimum atomic E-state index is 0.0443. The summed E-state index contributed by atoms with van der Waals surface area (Å²) < 4.78 is 0. The van der Waals surface area contributed by atoms with Gasteiger partial charge in [-0.3, -0.25) is 9.89 Å². The number of hydrogen-bond acceptors (Lipinski definition) is 5. The van der Waals surface area contributed by atoms with Gasteiger partial charge in [0, 0.05) is 35.0 Å². The SMILES string of the molecule is CC(=O)c1ccc(-c2nccc(Nc3cc(C4CC4)[nH]n3)n2)cc1. The van der Waals surface area contributed by atoms with Gasteiger partial charge in [0.1, 0.15) is 5.82 Å². The number of aromatic nitrogens is 4. The average Bonchev–Trinajstić information content (AvgIpc) is 3.35. The van der Waals surface area contributed by atoms with Crippen LogP contribution < -0.4 is 5.32 Å². The Morgan fingerprint density at radius 3 is 2.67 bits per heavy atom. The van der Waals surface area contributed by atoms with Crippen LogP contribution in [-0.2, 0) is 0 Å². The first-order valence-corrected chi connectivity index (χ1v) is 7.96. The van der Waals surface area contributed by atoms with E-state index in [-0.39, 0.29) is 5.78 Å². The lowest BCUT2D eigenvalue weighted by atomic mass is 10.1. The molecule has 0 radical (unpaired) electrons. The molecular formula is C18H17N5O. The summed E-state index contributed by atoms with van der Waals surface area (Å²) in [6.45, 7) is 1.55. The first-order chi connectivity index (χ1) is 11.7. The van der Waals surface area contributed by atoms with Crippen molar-refractivity contribution in [1.29, 1.82) is 0 Å². The maximum Gasteiger partial charge on any atom is 0.161 e. The van der Waals surface area contributed by atoms with E-state index in [1.807, 2.05) is 18.2 Å². The lowest BCUT2D eigenvalue weighted by Crippen LogP contribution is -1.97. The molecule has 1 saturated carbocycles. The van der Waals surface area contributed by atoms with Gasteiger partial charge in [-0.15, -0.1) is 0 Å². The molecule has 6 heteroatoms.